The number of carbonyl (C=O) groups is 2. The molecular formula is C22H31FO4. The quantitative estimate of drug-likeness (QED) is 0.775. The number of alkyl halides is 1. The van der Waals surface area contributed by atoms with Crippen molar-refractivity contribution in [1.29, 1.82) is 0 Å². The van der Waals surface area contributed by atoms with Crippen LogP contribution >= 0.6 is 0 Å². The van der Waals surface area contributed by atoms with Crippen LogP contribution in [0.15, 0.2) is 11.6 Å². The number of fused-ring (bicyclic) bond motifs is 5. The second-order valence-corrected chi connectivity index (χ2v) is 10.1. The van der Waals surface area contributed by atoms with Crippen LogP contribution in [0.3, 0.4) is 0 Å². The molecule has 0 amide bonds. The molecule has 0 aromatic heterocycles. The molecule has 0 saturated heterocycles. The number of hydrogen-bond acceptors (Lipinski definition) is 4. The smallest absolute Gasteiger partial charge is 0.195 e. The molecule has 150 valence electrons. The monoisotopic (exact) mass is 378 g/mol. The number of halogens is 1. The van der Waals surface area contributed by atoms with Gasteiger partial charge < -0.3 is 10.2 Å². The maximum absolute atomic E-state index is 13.2. The van der Waals surface area contributed by atoms with Crippen molar-refractivity contribution in [2.24, 2.45) is 34.5 Å². The van der Waals surface area contributed by atoms with E-state index in [1.54, 1.807) is 0 Å². The largest absolute Gasteiger partial charge is 0.393 e. The normalized spacial score (nSPS) is 51.9. The summed E-state index contributed by atoms with van der Waals surface area (Å²) in [6.45, 7) is 5.04. The summed E-state index contributed by atoms with van der Waals surface area (Å²) in [5.41, 5.74) is -1.53. The highest BCUT2D eigenvalue weighted by Crippen LogP contribution is 2.68. The molecule has 0 unspecified atom stereocenters. The van der Waals surface area contributed by atoms with Crippen molar-refractivity contribution in [2.75, 3.05) is 6.67 Å². The van der Waals surface area contributed by atoms with Gasteiger partial charge in [-0.2, -0.15) is 0 Å². The maximum Gasteiger partial charge on any atom is 0.195 e. The van der Waals surface area contributed by atoms with Crippen molar-refractivity contribution in [3.63, 3.8) is 0 Å². The van der Waals surface area contributed by atoms with Crippen LogP contribution in [-0.4, -0.2) is 40.2 Å². The first-order valence-electron chi connectivity index (χ1n) is 10.3. The summed E-state index contributed by atoms with van der Waals surface area (Å²) >= 11 is 0. The highest BCUT2D eigenvalue weighted by Gasteiger charge is 2.68. The van der Waals surface area contributed by atoms with E-state index < -0.39 is 29.6 Å². The Bertz CT molecular complexity index is 717. The highest BCUT2D eigenvalue weighted by atomic mass is 19.1. The lowest BCUT2D eigenvalue weighted by Crippen LogP contribution is -2.62. The maximum atomic E-state index is 13.2. The highest BCUT2D eigenvalue weighted by molar-refractivity contribution is 5.92. The zero-order valence-electron chi connectivity index (χ0n) is 16.5. The molecule has 0 spiro atoms. The molecule has 4 rings (SSSR count). The van der Waals surface area contributed by atoms with Crippen molar-refractivity contribution in [2.45, 2.75) is 71.0 Å². The summed E-state index contributed by atoms with van der Waals surface area (Å²) in [6.07, 6.45) is 4.52. The fourth-order valence-corrected chi connectivity index (χ4v) is 7.69. The van der Waals surface area contributed by atoms with E-state index in [-0.39, 0.29) is 41.3 Å². The Morgan fingerprint density at radius 3 is 2.70 bits per heavy atom. The fourth-order valence-electron chi connectivity index (χ4n) is 7.69. The third kappa shape index (κ3) is 2.33. The van der Waals surface area contributed by atoms with E-state index in [9.17, 15) is 24.2 Å². The van der Waals surface area contributed by atoms with E-state index in [0.29, 0.717) is 19.3 Å². The topological polar surface area (TPSA) is 74.6 Å². The predicted octanol–water partition coefficient (Wildman–Crippen LogP) is 3.00. The Hall–Kier alpha value is -1.07. The number of allylic oxidation sites excluding steroid dienone is 1. The molecule has 4 aliphatic carbocycles. The van der Waals surface area contributed by atoms with Crippen molar-refractivity contribution in [3.05, 3.63) is 11.6 Å². The molecule has 4 aliphatic rings. The van der Waals surface area contributed by atoms with E-state index in [2.05, 4.69) is 13.8 Å². The Kier molecular flexibility index (Phi) is 4.25. The average molecular weight is 378 g/mol. The van der Waals surface area contributed by atoms with Gasteiger partial charge in [0.25, 0.3) is 0 Å². The third-order valence-corrected chi connectivity index (χ3v) is 8.95. The lowest BCUT2D eigenvalue weighted by atomic mass is 9.44. The fraction of sp³-hybridized carbons (Fsp3) is 0.818. The lowest BCUT2D eigenvalue weighted by molar-refractivity contribution is -0.183. The summed E-state index contributed by atoms with van der Waals surface area (Å²) in [4.78, 5) is 24.3. The minimum Gasteiger partial charge on any atom is -0.393 e. The van der Waals surface area contributed by atoms with Crippen molar-refractivity contribution >= 4 is 11.6 Å². The van der Waals surface area contributed by atoms with E-state index >= 15 is 0 Å². The molecule has 0 aliphatic heterocycles. The van der Waals surface area contributed by atoms with E-state index in [4.69, 9.17) is 0 Å². The van der Waals surface area contributed by atoms with Crippen LogP contribution in [0.1, 0.15) is 59.3 Å². The van der Waals surface area contributed by atoms with Gasteiger partial charge in [0.15, 0.2) is 18.2 Å². The molecule has 0 aromatic carbocycles. The summed E-state index contributed by atoms with van der Waals surface area (Å²) in [5, 5.41) is 22.4. The second kappa shape index (κ2) is 5.96. The molecule has 5 heteroatoms. The van der Waals surface area contributed by atoms with Crippen LogP contribution < -0.4 is 0 Å². The molecule has 3 fully saturated rings. The Labute approximate surface area is 160 Å². The van der Waals surface area contributed by atoms with Crippen molar-refractivity contribution < 1.29 is 24.2 Å². The molecule has 4 nitrogen and oxygen atoms in total. The number of carbonyl (C=O) groups excluding carboxylic acids is 2. The molecule has 27 heavy (non-hydrogen) atoms. The number of aliphatic hydroxyl groups excluding tert-OH is 1. The van der Waals surface area contributed by atoms with Crippen LogP contribution in [0.5, 0.6) is 0 Å². The zero-order chi connectivity index (χ0) is 19.8. The van der Waals surface area contributed by atoms with Gasteiger partial charge in [-0.15, -0.1) is 0 Å². The first-order valence-corrected chi connectivity index (χ1v) is 10.3. The average Bonchev–Trinajstić information content (AvgIpc) is 2.87. The predicted molar refractivity (Wildman–Crippen MR) is 98.6 cm³/mol. The van der Waals surface area contributed by atoms with E-state index in [0.717, 1.165) is 18.4 Å². The Morgan fingerprint density at radius 2 is 2.04 bits per heavy atom. The Morgan fingerprint density at radius 1 is 1.33 bits per heavy atom. The van der Waals surface area contributed by atoms with E-state index in [1.807, 2.05) is 13.0 Å². The van der Waals surface area contributed by atoms with Crippen molar-refractivity contribution in [3.8, 4) is 0 Å². The molecule has 3 saturated carbocycles. The summed E-state index contributed by atoms with van der Waals surface area (Å²) in [6, 6.07) is 0. The van der Waals surface area contributed by atoms with Gasteiger partial charge in [-0.1, -0.05) is 26.3 Å². The number of rotatable bonds is 2. The van der Waals surface area contributed by atoms with Crippen LogP contribution in [0.2, 0.25) is 0 Å². The van der Waals surface area contributed by atoms with Crippen LogP contribution in [0.25, 0.3) is 0 Å². The summed E-state index contributed by atoms with van der Waals surface area (Å²) in [7, 11) is 0. The lowest BCUT2D eigenvalue weighted by Gasteiger charge is -2.61. The number of hydrogen-bond donors (Lipinski definition) is 2. The van der Waals surface area contributed by atoms with Gasteiger partial charge in [0.2, 0.25) is 0 Å². The molecule has 0 bridgehead atoms. The van der Waals surface area contributed by atoms with Crippen LogP contribution in [0.4, 0.5) is 4.39 Å². The Balaban J connectivity index is 1.77. The SMILES string of the molecule is C[C@@H]1C[C@@H]2[C@H]([C@@H](O)C[C@@]3(C)[C@H]2CC[C@]3(O)C(=O)CF)[C@@]2(C)CCC(=O)C=C12. The molecule has 0 radical (unpaired) electrons. The molecule has 8 atom stereocenters. The molecule has 0 aromatic rings. The minimum absolute atomic E-state index is 0.0222. The standard InChI is InChI=1S/C22H31FO4/c1-12-8-14-15-5-7-22(27,18(26)11-23)21(15,3)10-17(25)19(14)20(2)6-4-13(24)9-16(12)20/h9,12,14-15,17,19,25,27H,4-8,10-11H2,1-3H3/t12-,14+,15+,17+,19-,20+,21+,22+/m1/s1. The van der Waals surface area contributed by atoms with Gasteiger partial charge in [0.05, 0.1) is 6.10 Å². The zero-order valence-corrected chi connectivity index (χ0v) is 16.5. The third-order valence-electron chi connectivity index (χ3n) is 8.95. The number of aliphatic hydroxyl groups is 2. The number of ketones is 2. The second-order valence-electron chi connectivity index (χ2n) is 10.1. The first kappa shape index (κ1) is 19.3. The molecule has 0 heterocycles. The van der Waals surface area contributed by atoms with Crippen molar-refractivity contribution in [1.82, 2.24) is 0 Å². The van der Waals surface area contributed by atoms with Gasteiger partial charge >= 0.3 is 0 Å². The molecular weight excluding hydrogens is 347 g/mol. The van der Waals surface area contributed by atoms with E-state index in [1.165, 1.54) is 0 Å². The summed E-state index contributed by atoms with van der Waals surface area (Å²) < 4.78 is 13.2. The molecule has 2 N–H and O–H groups in total. The van der Waals surface area contributed by atoms with Gasteiger partial charge in [-0.3, -0.25) is 9.59 Å². The van der Waals surface area contributed by atoms with Gasteiger partial charge in [0.1, 0.15) is 5.60 Å². The first-order chi connectivity index (χ1) is 12.6. The van der Waals surface area contributed by atoms with Gasteiger partial charge in [-0.05, 0) is 67.3 Å². The number of Topliss-reactive ketones (excluding diaryl/α,β-unsaturated/α-hetero) is 1. The van der Waals surface area contributed by atoms with Crippen LogP contribution in [0, 0.1) is 34.5 Å². The van der Waals surface area contributed by atoms with Crippen LogP contribution in [-0.2, 0) is 9.59 Å². The van der Waals surface area contributed by atoms with Gasteiger partial charge in [0, 0.05) is 11.8 Å². The minimum atomic E-state index is -1.68. The van der Waals surface area contributed by atoms with Gasteiger partial charge in [-0.25, -0.2) is 4.39 Å². The summed E-state index contributed by atoms with van der Waals surface area (Å²) in [5.74, 6) is -0.0475.